The highest BCUT2D eigenvalue weighted by molar-refractivity contribution is 5.48. The summed E-state index contributed by atoms with van der Waals surface area (Å²) in [6, 6.07) is 15.9. The Labute approximate surface area is 123 Å². The number of hydrogen-bond acceptors (Lipinski definition) is 4. The van der Waals surface area contributed by atoms with Crippen molar-refractivity contribution in [2.45, 2.75) is 12.3 Å². The van der Waals surface area contributed by atoms with Gasteiger partial charge in [0, 0.05) is 12.3 Å². The van der Waals surface area contributed by atoms with Gasteiger partial charge < -0.3 is 14.2 Å². The largest absolute Gasteiger partial charge is 0.497 e. The van der Waals surface area contributed by atoms with Crippen molar-refractivity contribution in [1.82, 2.24) is 0 Å². The molecular formula is C17H15NO3. The van der Waals surface area contributed by atoms with Crippen molar-refractivity contribution in [2.24, 2.45) is 0 Å². The molecule has 0 saturated carbocycles. The molecule has 1 aliphatic rings. The van der Waals surface area contributed by atoms with Gasteiger partial charge in [-0.1, -0.05) is 18.2 Å². The molecule has 1 aliphatic heterocycles. The zero-order valence-electron chi connectivity index (χ0n) is 11.7. The highest BCUT2D eigenvalue weighted by Crippen LogP contribution is 2.37. The Morgan fingerprint density at radius 1 is 1.10 bits per heavy atom. The second kappa shape index (κ2) is 5.76. The standard InChI is InChI=1S/C17H15NO3/c1-19-14-5-2-12(3-6-14)15(8-9-18)13-4-7-16-17(10-13)21-11-20-16/h2-7,10,15H,8,11H2,1H3/t15-/m0/s1. The Morgan fingerprint density at radius 2 is 1.81 bits per heavy atom. The Kier molecular flexibility index (Phi) is 3.65. The van der Waals surface area contributed by atoms with Gasteiger partial charge in [-0.05, 0) is 35.4 Å². The van der Waals surface area contributed by atoms with E-state index in [1.54, 1.807) is 7.11 Å². The number of methoxy groups -OCH3 is 1. The van der Waals surface area contributed by atoms with Crippen LogP contribution in [0.2, 0.25) is 0 Å². The summed E-state index contributed by atoms with van der Waals surface area (Å²) in [6.45, 7) is 0.254. The van der Waals surface area contributed by atoms with Crippen LogP contribution in [0, 0.1) is 11.3 Å². The van der Waals surface area contributed by atoms with E-state index in [2.05, 4.69) is 6.07 Å². The Balaban J connectivity index is 1.95. The molecule has 2 aromatic carbocycles. The molecule has 0 spiro atoms. The number of benzene rings is 2. The van der Waals surface area contributed by atoms with Crippen LogP contribution in [0.25, 0.3) is 0 Å². The first-order chi connectivity index (χ1) is 10.3. The Morgan fingerprint density at radius 3 is 2.52 bits per heavy atom. The fourth-order valence-corrected chi connectivity index (χ4v) is 2.49. The van der Waals surface area contributed by atoms with Gasteiger partial charge in [-0.15, -0.1) is 0 Å². The van der Waals surface area contributed by atoms with E-state index in [9.17, 15) is 0 Å². The molecule has 0 fully saturated rings. The molecule has 0 aromatic heterocycles. The molecule has 2 aromatic rings. The van der Waals surface area contributed by atoms with E-state index >= 15 is 0 Å². The van der Waals surface area contributed by atoms with E-state index in [-0.39, 0.29) is 12.7 Å². The first-order valence-electron chi connectivity index (χ1n) is 6.72. The van der Waals surface area contributed by atoms with Crippen molar-refractivity contribution >= 4 is 0 Å². The summed E-state index contributed by atoms with van der Waals surface area (Å²) in [5.74, 6) is 2.31. The monoisotopic (exact) mass is 281 g/mol. The zero-order chi connectivity index (χ0) is 14.7. The van der Waals surface area contributed by atoms with Crippen molar-refractivity contribution in [3.05, 3.63) is 53.6 Å². The molecule has 0 bridgehead atoms. The van der Waals surface area contributed by atoms with Gasteiger partial charge in [0.1, 0.15) is 5.75 Å². The predicted molar refractivity (Wildman–Crippen MR) is 77.6 cm³/mol. The summed E-state index contributed by atoms with van der Waals surface area (Å²) in [6.07, 6.45) is 0.409. The molecule has 0 N–H and O–H groups in total. The highest BCUT2D eigenvalue weighted by atomic mass is 16.7. The molecule has 4 heteroatoms. The molecule has 0 unspecified atom stereocenters. The maximum absolute atomic E-state index is 9.12. The summed E-state index contributed by atoms with van der Waals surface area (Å²) in [5.41, 5.74) is 2.13. The molecule has 0 saturated heterocycles. The maximum Gasteiger partial charge on any atom is 0.231 e. The molecule has 4 nitrogen and oxygen atoms in total. The minimum absolute atomic E-state index is 0.00964. The van der Waals surface area contributed by atoms with Crippen LogP contribution in [0.3, 0.4) is 0 Å². The fourth-order valence-electron chi connectivity index (χ4n) is 2.49. The third-order valence-electron chi connectivity index (χ3n) is 3.61. The predicted octanol–water partition coefficient (Wildman–Crippen LogP) is 3.47. The first-order valence-corrected chi connectivity index (χ1v) is 6.72. The molecule has 0 amide bonds. The lowest BCUT2D eigenvalue weighted by atomic mass is 9.89. The quantitative estimate of drug-likeness (QED) is 0.861. The smallest absolute Gasteiger partial charge is 0.231 e. The lowest BCUT2D eigenvalue weighted by Gasteiger charge is -2.15. The topological polar surface area (TPSA) is 51.5 Å². The highest BCUT2D eigenvalue weighted by Gasteiger charge is 2.19. The van der Waals surface area contributed by atoms with E-state index in [1.165, 1.54) is 0 Å². The third kappa shape index (κ3) is 2.63. The number of nitriles is 1. The first kappa shape index (κ1) is 13.3. The number of hydrogen-bond donors (Lipinski definition) is 0. The van der Waals surface area contributed by atoms with Crippen LogP contribution >= 0.6 is 0 Å². The number of fused-ring (bicyclic) bond motifs is 1. The summed E-state index contributed by atoms with van der Waals surface area (Å²) in [4.78, 5) is 0. The third-order valence-corrected chi connectivity index (χ3v) is 3.61. The van der Waals surface area contributed by atoms with Crippen LogP contribution in [0.5, 0.6) is 17.2 Å². The fraction of sp³-hybridized carbons (Fsp3) is 0.235. The average Bonchev–Trinajstić information content (AvgIpc) is 3.00. The summed E-state index contributed by atoms with van der Waals surface area (Å²) < 4.78 is 15.9. The van der Waals surface area contributed by atoms with Gasteiger partial charge in [0.05, 0.1) is 13.2 Å². The van der Waals surface area contributed by atoms with Gasteiger partial charge >= 0.3 is 0 Å². The molecule has 1 atom stereocenters. The molecular weight excluding hydrogens is 266 g/mol. The summed E-state index contributed by atoms with van der Waals surface area (Å²) in [7, 11) is 1.64. The van der Waals surface area contributed by atoms with E-state index in [0.717, 1.165) is 28.4 Å². The number of ether oxygens (including phenoxy) is 3. The molecule has 3 rings (SSSR count). The summed E-state index contributed by atoms with van der Waals surface area (Å²) in [5, 5.41) is 9.12. The van der Waals surface area contributed by atoms with E-state index in [4.69, 9.17) is 19.5 Å². The molecule has 21 heavy (non-hydrogen) atoms. The second-order valence-electron chi connectivity index (χ2n) is 4.80. The van der Waals surface area contributed by atoms with Crippen LogP contribution in [-0.4, -0.2) is 13.9 Å². The minimum atomic E-state index is 0.00964. The van der Waals surface area contributed by atoms with Crippen molar-refractivity contribution in [1.29, 1.82) is 5.26 Å². The van der Waals surface area contributed by atoms with Crippen LogP contribution in [0.1, 0.15) is 23.5 Å². The van der Waals surface area contributed by atoms with Gasteiger partial charge in [0.25, 0.3) is 0 Å². The van der Waals surface area contributed by atoms with Crippen molar-refractivity contribution in [3.8, 4) is 23.3 Å². The van der Waals surface area contributed by atoms with Gasteiger partial charge in [0.2, 0.25) is 6.79 Å². The number of rotatable bonds is 4. The molecule has 106 valence electrons. The van der Waals surface area contributed by atoms with Gasteiger partial charge in [-0.3, -0.25) is 0 Å². The number of nitrogens with zero attached hydrogens (tertiary/aromatic N) is 1. The van der Waals surface area contributed by atoms with Crippen LogP contribution in [0.4, 0.5) is 0 Å². The Hall–Kier alpha value is -2.67. The lowest BCUT2D eigenvalue weighted by molar-refractivity contribution is 0.174. The maximum atomic E-state index is 9.12. The van der Waals surface area contributed by atoms with Crippen LogP contribution in [0.15, 0.2) is 42.5 Å². The average molecular weight is 281 g/mol. The van der Waals surface area contributed by atoms with Gasteiger partial charge in [0.15, 0.2) is 11.5 Å². The van der Waals surface area contributed by atoms with Gasteiger partial charge in [-0.25, -0.2) is 0 Å². The van der Waals surface area contributed by atoms with Gasteiger partial charge in [-0.2, -0.15) is 5.26 Å². The second-order valence-corrected chi connectivity index (χ2v) is 4.80. The summed E-state index contributed by atoms with van der Waals surface area (Å²) >= 11 is 0. The zero-order valence-corrected chi connectivity index (χ0v) is 11.7. The van der Waals surface area contributed by atoms with E-state index in [1.807, 2.05) is 42.5 Å². The lowest BCUT2D eigenvalue weighted by Crippen LogP contribution is -2.00. The Bertz CT molecular complexity index is 673. The molecule has 1 heterocycles. The minimum Gasteiger partial charge on any atom is -0.497 e. The van der Waals surface area contributed by atoms with Crippen molar-refractivity contribution in [2.75, 3.05) is 13.9 Å². The van der Waals surface area contributed by atoms with Crippen molar-refractivity contribution < 1.29 is 14.2 Å². The molecule has 0 radical (unpaired) electrons. The molecule has 0 aliphatic carbocycles. The SMILES string of the molecule is COc1ccc([C@H](CC#N)c2ccc3c(c2)OCO3)cc1. The van der Waals surface area contributed by atoms with Crippen molar-refractivity contribution in [3.63, 3.8) is 0 Å². The normalized spacial score (nSPS) is 13.5. The van der Waals surface area contributed by atoms with Crippen LogP contribution < -0.4 is 14.2 Å². The van der Waals surface area contributed by atoms with Crippen LogP contribution in [-0.2, 0) is 0 Å². The van der Waals surface area contributed by atoms with E-state index < -0.39 is 0 Å². The van der Waals surface area contributed by atoms with E-state index in [0.29, 0.717) is 6.42 Å².